The second kappa shape index (κ2) is 6.53. The van der Waals surface area contributed by atoms with E-state index in [1.165, 1.54) is 6.20 Å². The number of amides is 1. The lowest BCUT2D eigenvalue weighted by Crippen LogP contribution is -2.25. The quantitative estimate of drug-likeness (QED) is 0.586. The van der Waals surface area contributed by atoms with E-state index in [0.717, 1.165) is 0 Å². The molecule has 1 aromatic heterocycles. The van der Waals surface area contributed by atoms with Gasteiger partial charge in [0.05, 0.1) is 4.92 Å². The normalized spacial score (nSPS) is 9.89. The van der Waals surface area contributed by atoms with Crippen LogP contribution in [-0.4, -0.2) is 28.9 Å². The Kier molecular flexibility index (Phi) is 5.04. The first-order chi connectivity index (χ1) is 8.56. The van der Waals surface area contributed by atoms with E-state index in [0.29, 0.717) is 18.7 Å². The zero-order valence-electron chi connectivity index (χ0n) is 10.4. The van der Waals surface area contributed by atoms with E-state index in [1.54, 1.807) is 13.0 Å². The van der Waals surface area contributed by atoms with Crippen LogP contribution in [0.5, 0.6) is 0 Å². The molecule has 0 aromatic carbocycles. The molecule has 0 fully saturated rings. The number of anilines is 1. The molecule has 1 amide bonds. The highest BCUT2D eigenvalue weighted by Crippen LogP contribution is 2.25. The molecule has 7 nitrogen and oxygen atoms in total. The van der Waals surface area contributed by atoms with Crippen molar-refractivity contribution in [1.82, 2.24) is 10.3 Å². The maximum absolute atomic E-state index is 11.2. The summed E-state index contributed by atoms with van der Waals surface area (Å²) in [4.78, 5) is 25.5. The molecule has 1 aromatic rings. The highest BCUT2D eigenvalue weighted by molar-refractivity contribution is 5.76. The molecule has 0 aliphatic rings. The maximum Gasteiger partial charge on any atom is 0.314 e. The first-order valence-electron chi connectivity index (χ1n) is 5.66. The maximum atomic E-state index is 11.2. The van der Waals surface area contributed by atoms with Crippen molar-refractivity contribution in [1.29, 1.82) is 0 Å². The molecule has 0 aliphatic heterocycles. The van der Waals surface area contributed by atoms with Crippen LogP contribution in [0.4, 0.5) is 11.5 Å². The van der Waals surface area contributed by atoms with Crippen LogP contribution in [0.3, 0.4) is 0 Å². The fourth-order valence-electron chi connectivity index (χ4n) is 1.49. The number of carbonyl (C=O) groups is 1. The summed E-state index contributed by atoms with van der Waals surface area (Å²) in [5.41, 5.74) is 0.490. The summed E-state index contributed by atoms with van der Waals surface area (Å²) in [6, 6.07) is 1.58. The molecular weight excluding hydrogens is 236 g/mol. The number of aryl methyl sites for hydroxylation is 1. The van der Waals surface area contributed by atoms with E-state index in [-0.39, 0.29) is 23.8 Å². The number of nitro groups is 1. The summed E-state index contributed by atoms with van der Waals surface area (Å²) in [7, 11) is 0. The summed E-state index contributed by atoms with van der Waals surface area (Å²) >= 11 is 0. The van der Waals surface area contributed by atoms with E-state index in [4.69, 9.17) is 0 Å². The van der Waals surface area contributed by atoms with Gasteiger partial charge in [-0.05, 0) is 19.9 Å². The molecule has 1 rings (SSSR count). The summed E-state index contributed by atoms with van der Waals surface area (Å²) < 4.78 is 0. The van der Waals surface area contributed by atoms with Gasteiger partial charge in [0.2, 0.25) is 11.7 Å². The second-order valence-electron chi connectivity index (χ2n) is 3.71. The Morgan fingerprint density at radius 1 is 1.56 bits per heavy atom. The lowest BCUT2D eigenvalue weighted by molar-refractivity contribution is -0.384. The molecule has 0 aliphatic carbocycles. The Bertz CT molecular complexity index is 448. The molecule has 7 heteroatoms. The average molecular weight is 252 g/mol. The minimum Gasteiger partial charge on any atom is -0.364 e. The monoisotopic (exact) mass is 252 g/mol. The third kappa shape index (κ3) is 3.69. The number of nitrogens with one attached hydrogen (secondary N) is 2. The lowest BCUT2D eigenvalue weighted by Gasteiger charge is -2.07. The van der Waals surface area contributed by atoms with Crippen LogP contribution in [-0.2, 0) is 4.79 Å². The Hall–Kier alpha value is -2.18. The lowest BCUT2D eigenvalue weighted by atomic mass is 10.2. The van der Waals surface area contributed by atoms with Crippen molar-refractivity contribution < 1.29 is 9.72 Å². The number of nitrogens with zero attached hydrogens (tertiary/aromatic N) is 2. The molecule has 0 unspecified atom stereocenters. The van der Waals surface area contributed by atoms with Crippen LogP contribution in [0.25, 0.3) is 0 Å². The van der Waals surface area contributed by atoms with E-state index < -0.39 is 4.92 Å². The van der Waals surface area contributed by atoms with E-state index in [9.17, 15) is 14.9 Å². The largest absolute Gasteiger partial charge is 0.364 e. The topological polar surface area (TPSA) is 97.2 Å². The van der Waals surface area contributed by atoms with Crippen LogP contribution >= 0.6 is 0 Å². The van der Waals surface area contributed by atoms with Gasteiger partial charge in [-0.3, -0.25) is 14.9 Å². The van der Waals surface area contributed by atoms with Crippen molar-refractivity contribution >= 4 is 17.4 Å². The molecule has 0 atom stereocenters. The van der Waals surface area contributed by atoms with Gasteiger partial charge >= 0.3 is 5.69 Å². The predicted octanol–water partition coefficient (Wildman–Crippen LogP) is 1.24. The van der Waals surface area contributed by atoms with E-state index in [1.807, 2.05) is 6.92 Å². The molecule has 98 valence electrons. The fourth-order valence-corrected chi connectivity index (χ4v) is 1.49. The Morgan fingerprint density at radius 3 is 2.89 bits per heavy atom. The van der Waals surface area contributed by atoms with Crippen LogP contribution < -0.4 is 10.6 Å². The van der Waals surface area contributed by atoms with Crippen LogP contribution in [0.2, 0.25) is 0 Å². The number of hydrogen-bond acceptors (Lipinski definition) is 5. The van der Waals surface area contributed by atoms with Crippen molar-refractivity contribution in [3.63, 3.8) is 0 Å². The Labute approximate surface area is 105 Å². The molecule has 2 N–H and O–H groups in total. The predicted molar refractivity (Wildman–Crippen MR) is 67.4 cm³/mol. The summed E-state index contributed by atoms with van der Waals surface area (Å²) in [5, 5.41) is 16.3. The van der Waals surface area contributed by atoms with Crippen LogP contribution in [0.1, 0.15) is 18.9 Å². The zero-order chi connectivity index (χ0) is 13.5. The molecule has 18 heavy (non-hydrogen) atoms. The third-order valence-electron chi connectivity index (χ3n) is 2.33. The van der Waals surface area contributed by atoms with Gasteiger partial charge in [0.25, 0.3) is 0 Å². The van der Waals surface area contributed by atoms with Gasteiger partial charge in [-0.15, -0.1) is 0 Å². The second-order valence-corrected chi connectivity index (χ2v) is 3.71. The molecular formula is C11H16N4O3. The zero-order valence-corrected chi connectivity index (χ0v) is 10.4. The van der Waals surface area contributed by atoms with Crippen LogP contribution in [0.15, 0.2) is 12.3 Å². The van der Waals surface area contributed by atoms with Gasteiger partial charge in [0, 0.05) is 31.3 Å². The average Bonchev–Trinajstić information content (AvgIpc) is 2.28. The van der Waals surface area contributed by atoms with Crippen LogP contribution in [0, 0.1) is 17.0 Å². The van der Waals surface area contributed by atoms with Gasteiger partial charge in [0.1, 0.15) is 0 Å². The van der Waals surface area contributed by atoms with E-state index >= 15 is 0 Å². The molecule has 0 bridgehead atoms. The highest BCUT2D eigenvalue weighted by atomic mass is 16.6. The van der Waals surface area contributed by atoms with Gasteiger partial charge in [-0.1, -0.05) is 0 Å². The van der Waals surface area contributed by atoms with Gasteiger partial charge < -0.3 is 10.6 Å². The highest BCUT2D eigenvalue weighted by Gasteiger charge is 2.17. The molecule has 1 heterocycles. The summed E-state index contributed by atoms with van der Waals surface area (Å²) in [6.07, 6.45) is 1.75. The van der Waals surface area contributed by atoms with Crippen molar-refractivity contribution in [3.05, 3.63) is 27.9 Å². The summed E-state index contributed by atoms with van der Waals surface area (Å²) in [6.45, 7) is 4.36. The third-order valence-corrected chi connectivity index (χ3v) is 2.33. The van der Waals surface area contributed by atoms with Crippen molar-refractivity contribution in [3.8, 4) is 0 Å². The number of carbonyl (C=O) groups excluding carboxylic acids is 1. The van der Waals surface area contributed by atoms with Gasteiger partial charge in [-0.25, -0.2) is 4.98 Å². The Morgan fingerprint density at radius 2 is 2.28 bits per heavy atom. The number of rotatable bonds is 6. The van der Waals surface area contributed by atoms with Gasteiger partial charge in [0.15, 0.2) is 0 Å². The first-order valence-corrected chi connectivity index (χ1v) is 5.66. The number of aromatic nitrogens is 1. The minimum atomic E-state index is -0.475. The number of hydrogen-bond donors (Lipinski definition) is 2. The van der Waals surface area contributed by atoms with Crippen molar-refractivity contribution in [2.75, 3.05) is 18.4 Å². The van der Waals surface area contributed by atoms with Crippen molar-refractivity contribution in [2.24, 2.45) is 0 Å². The standard InChI is InChI=1S/C11H16N4O3/c1-3-12-9(16)5-7-14-11-10(15(17)18)8(2)4-6-13-11/h4,6H,3,5,7H2,1-2H3,(H,12,16)(H,13,14). The van der Waals surface area contributed by atoms with Crippen molar-refractivity contribution in [2.45, 2.75) is 20.3 Å². The molecule has 0 radical (unpaired) electrons. The van der Waals surface area contributed by atoms with E-state index in [2.05, 4.69) is 15.6 Å². The number of pyridine rings is 1. The fraction of sp³-hybridized carbons (Fsp3) is 0.455. The molecule has 0 saturated heterocycles. The summed E-state index contributed by atoms with van der Waals surface area (Å²) in [5.74, 6) is 0.101. The van der Waals surface area contributed by atoms with Gasteiger partial charge in [-0.2, -0.15) is 0 Å². The smallest absolute Gasteiger partial charge is 0.314 e. The Balaban J connectivity index is 2.65. The minimum absolute atomic E-state index is 0.0478. The first kappa shape index (κ1) is 13.9. The molecule has 0 saturated carbocycles. The SMILES string of the molecule is CCNC(=O)CCNc1nccc(C)c1[N+](=O)[O-]. The molecule has 0 spiro atoms.